The topological polar surface area (TPSA) is 154 Å². The summed E-state index contributed by atoms with van der Waals surface area (Å²) in [6.07, 6.45) is 0. The maximum Gasteiger partial charge on any atom is 0.342 e. The summed E-state index contributed by atoms with van der Waals surface area (Å²) in [6.45, 7) is 0. The van der Waals surface area contributed by atoms with Crippen LogP contribution in [0, 0.1) is 5.82 Å². The van der Waals surface area contributed by atoms with Crippen LogP contribution in [-0.2, 0) is 0 Å². The van der Waals surface area contributed by atoms with Crippen molar-refractivity contribution in [3.05, 3.63) is 44.5 Å². The first-order chi connectivity index (χ1) is 10.6. The van der Waals surface area contributed by atoms with E-state index >= 15 is 0 Å². The minimum absolute atomic E-state index is 0.368. The van der Waals surface area contributed by atoms with Gasteiger partial charge in [-0.25, -0.2) is 14.0 Å². The van der Waals surface area contributed by atoms with Crippen LogP contribution in [0.25, 0.3) is 11.1 Å². The van der Waals surface area contributed by atoms with Gasteiger partial charge in [0, 0.05) is 17.2 Å². The van der Waals surface area contributed by atoms with Gasteiger partial charge in [0.2, 0.25) is 0 Å². The number of H-pyrrole nitrogens is 1. The second-order valence-corrected chi connectivity index (χ2v) is 4.79. The van der Waals surface area contributed by atoms with Crippen molar-refractivity contribution in [1.82, 2.24) is 4.98 Å². The molecule has 0 amide bonds. The van der Waals surface area contributed by atoms with Crippen LogP contribution >= 0.6 is 11.6 Å². The first-order valence-corrected chi connectivity index (χ1v) is 6.23. The summed E-state index contributed by atoms with van der Waals surface area (Å²) in [5.74, 6) is -5.93. The Labute approximate surface area is 131 Å². The molecule has 0 unspecified atom stereocenters. The highest BCUT2D eigenvalue weighted by molar-refractivity contribution is 6.32. The molecule has 1 heterocycles. The van der Waals surface area contributed by atoms with Gasteiger partial charge < -0.3 is 26.0 Å². The van der Waals surface area contributed by atoms with Crippen molar-refractivity contribution in [2.24, 2.45) is 0 Å². The van der Waals surface area contributed by atoms with E-state index in [1.54, 1.807) is 0 Å². The number of nitrogen functional groups attached to an aromatic ring is 1. The molecule has 1 aromatic carbocycles. The number of carboxylic acids is 2. The number of halogens is 2. The third-order valence-electron chi connectivity index (χ3n) is 2.98. The molecule has 2 rings (SSSR count). The molecule has 0 saturated heterocycles. The van der Waals surface area contributed by atoms with Gasteiger partial charge in [0.25, 0.3) is 5.56 Å². The number of carbonyl (C=O) groups is 2. The maximum absolute atomic E-state index is 14.1. The highest BCUT2D eigenvalue weighted by atomic mass is 35.5. The van der Waals surface area contributed by atoms with Crippen molar-refractivity contribution in [2.45, 2.75) is 0 Å². The Morgan fingerprint density at radius 2 is 1.74 bits per heavy atom. The van der Waals surface area contributed by atoms with Crippen molar-refractivity contribution >= 4 is 29.4 Å². The first-order valence-electron chi connectivity index (χ1n) is 5.85. The Hall–Kier alpha value is -3.07. The van der Waals surface area contributed by atoms with Gasteiger partial charge >= 0.3 is 11.9 Å². The molecule has 0 saturated carbocycles. The van der Waals surface area contributed by atoms with E-state index in [0.717, 1.165) is 6.07 Å². The van der Waals surface area contributed by atoms with Crippen LogP contribution in [-0.4, -0.2) is 32.2 Å². The number of nitrogens with two attached hydrogens (primary N) is 1. The molecule has 0 spiro atoms. The van der Waals surface area contributed by atoms with E-state index in [1.807, 2.05) is 4.98 Å². The molecule has 8 nitrogen and oxygen atoms in total. The van der Waals surface area contributed by atoms with Crippen molar-refractivity contribution < 1.29 is 29.3 Å². The van der Waals surface area contributed by atoms with Crippen LogP contribution < -0.4 is 11.3 Å². The molecule has 0 aliphatic rings. The predicted octanol–water partition coefficient (Wildman–Crippen LogP) is 1.52. The van der Waals surface area contributed by atoms with Gasteiger partial charge in [0.05, 0.1) is 5.02 Å². The van der Waals surface area contributed by atoms with Crippen LogP contribution in [0.1, 0.15) is 20.7 Å². The predicted molar refractivity (Wildman–Crippen MR) is 77.5 cm³/mol. The zero-order valence-corrected chi connectivity index (χ0v) is 11.8. The second kappa shape index (κ2) is 5.61. The molecule has 23 heavy (non-hydrogen) atoms. The second-order valence-electron chi connectivity index (χ2n) is 4.39. The molecule has 6 N–H and O–H groups in total. The molecule has 2 aromatic rings. The fourth-order valence-corrected chi connectivity index (χ4v) is 2.21. The van der Waals surface area contributed by atoms with Crippen LogP contribution in [0.5, 0.6) is 5.75 Å². The lowest BCUT2D eigenvalue weighted by molar-refractivity contribution is 0.0695. The number of nitrogens with one attached hydrogen (secondary N) is 1. The third kappa shape index (κ3) is 2.69. The van der Waals surface area contributed by atoms with Gasteiger partial charge in [-0.05, 0) is 6.07 Å². The molecule has 1 aromatic heterocycles. The molecule has 120 valence electrons. The Morgan fingerprint density at radius 3 is 2.26 bits per heavy atom. The molecular formula is C13H8ClFN2O6. The number of hydrogen-bond donors (Lipinski definition) is 5. The van der Waals surface area contributed by atoms with Gasteiger partial charge in [-0.15, -0.1) is 0 Å². The summed E-state index contributed by atoms with van der Waals surface area (Å²) < 4.78 is 14.1. The van der Waals surface area contributed by atoms with Crippen molar-refractivity contribution in [3.63, 3.8) is 0 Å². The van der Waals surface area contributed by atoms with Crippen LogP contribution in [0.2, 0.25) is 5.02 Å². The number of anilines is 1. The maximum atomic E-state index is 14.1. The number of aromatic amines is 1. The number of hydrogen-bond acceptors (Lipinski definition) is 5. The van der Waals surface area contributed by atoms with E-state index in [0.29, 0.717) is 6.07 Å². The molecule has 10 heteroatoms. The Kier molecular flexibility index (Phi) is 3.98. The van der Waals surface area contributed by atoms with E-state index in [9.17, 15) is 29.0 Å². The number of phenols is 1. The minimum Gasteiger partial charge on any atom is -0.506 e. The molecule has 0 aliphatic carbocycles. The smallest absolute Gasteiger partial charge is 0.342 e. The standard InChI is InChI=1S/C13H8ClFN2O6/c14-4-1-3(5(15)2-6(4)18)7-8(12(20)21)10(16)17-11(19)9(7)13(22)23/h1-2,18H,(H,20,21)(H,22,23)(H3,16,17,19). The van der Waals surface area contributed by atoms with E-state index in [1.165, 1.54) is 0 Å². The Bertz CT molecular complexity index is 908. The number of aromatic carboxylic acids is 2. The van der Waals surface area contributed by atoms with Crippen molar-refractivity contribution in [3.8, 4) is 16.9 Å². The molecule has 0 atom stereocenters. The van der Waals surface area contributed by atoms with Crippen LogP contribution in [0.4, 0.5) is 10.2 Å². The fourth-order valence-electron chi connectivity index (χ4n) is 2.04. The summed E-state index contributed by atoms with van der Waals surface area (Å²) in [5, 5.41) is 27.4. The summed E-state index contributed by atoms with van der Waals surface area (Å²) in [5.41, 5.74) is 1.04. The van der Waals surface area contributed by atoms with E-state index in [-0.39, 0.29) is 5.02 Å². The van der Waals surface area contributed by atoms with Crippen LogP contribution in [0.3, 0.4) is 0 Å². The molecular weight excluding hydrogens is 335 g/mol. The van der Waals surface area contributed by atoms with Crippen molar-refractivity contribution in [2.75, 3.05) is 5.73 Å². The number of phenolic OH excluding ortho intramolecular Hbond substituents is 1. The number of aromatic hydroxyl groups is 1. The van der Waals surface area contributed by atoms with Crippen molar-refractivity contribution in [1.29, 1.82) is 0 Å². The Balaban J connectivity index is 3.06. The molecule has 0 bridgehead atoms. The fraction of sp³-hybridized carbons (Fsp3) is 0. The number of rotatable bonds is 3. The number of aromatic nitrogens is 1. The van der Waals surface area contributed by atoms with Gasteiger partial charge in [-0.1, -0.05) is 11.6 Å². The highest BCUT2D eigenvalue weighted by Gasteiger charge is 2.28. The lowest BCUT2D eigenvalue weighted by atomic mass is 9.95. The quantitative estimate of drug-likeness (QED) is 0.566. The van der Waals surface area contributed by atoms with Gasteiger partial charge in [-0.3, -0.25) is 4.79 Å². The van der Waals surface area contributed by atoms with Gasteiger partial charge in [-0.2, -0.15) is 0 Å². The normalized spacial score (nSPS) is 10.5. The SMILES string of the molecule is Nc1[nH]c(=O)c(C(=O)O)c(-c2cc(Cl)c(O)cc2F)c1C(=O)O. The zero-order chi connectivity index (χ0) is 17.5. The summed E-state index contributed by atoms with van der Waals surface area (Å²) in [4.78, 5) is 36.4. The zero-order valence-electron chi connectivity index (χ0n) is 11.1. The van der Waals surface area contributed by atoms with Crippen LogP contribution in [0.15, 0.2) is 16.9 Å². The first kappa shape index (κ1) is 16.3. The number of carboxylic acid groups (broad SMARTS) is 2. The van der Waals surface area contributed by atoms with Gasteiger partial charge in [0.15, 0.2) is 0 Å². The molecule has 0 fully saturated rings. The minimum atomic E-state index is -1.78. The third-order valence-corrected chi connectivity index (χ3v) is 3.28. The van der Waals surface area contributed by atoms with E-state index < -0.39 is 57.1 Å². The summed E-state index contributed by atoms with van der Waals surface area (Å²) in [6, 6.07) is 1.37. The average Bonchev–Trinajstić information content (AvgIpc) is 2.40. The average molecular weight is 343 g/mol. The summed E-state index contributed by atoms with van der Waals surface area (Å²) in [7, 11) is 0. The van der Waals surface area contributed by atoms with Gasteiger partial charge in [0.1, 0.15) is 28.5 Å². The molecule has 0 radical (unpaired) electrons. The lowest BCUT2D eigenvalue weighted by Gasteiger charge is -2.13. The molecule has 0 aliphatic heterocycles. The largest absolute Gasteiger partial charge is 0.506 e. The Morgan fingerprint density at radius 1 is 1.17 bits per heavy atom. The monoisotopic (exact) mass is 342 g/mol. The number of pyridine rings is 1. The summed E-state index contributed by atoms with van der Waals surface area (Å²) >= 11 is 5.65. The van der Waals surface area contributed by atoms with E-state index in [2.05, 4.69) is 0 Å². The highest BCUT2D eigenvalue weighted by Crippen LogP contribution is 2.36. The lowest BCUT2D eigenvalue weighted by Crippen LogP contribution is -2.24. The van der Waals surface area contributed by atoms with E-state index in [4.69, 9.17) is 22.4 Å². The number of benzene rings is 1.